The van der Waals surface area contributed by atoms with Gasteiger partial charge in [0, 0.05) is 6.04 Å². The Morgan fingerprint density at radius 1 is 1.53 bits per heavy atom. The summed E-state index contributed by atoms with van der Waals surface area (Å²) in [4.78, 5) is 0. The molecule has 0 unspecified atom stereocenters. The van der Waals surface area contributed by atoms with Crippen LogP contribution >= 0.6 is 12.4 Å². The number of aryl methyl sites for hydroxylation is 1. The number of allylic oxidation sites excluding steroid dienone is 1. The Balaban J connectivity index is 0.00000196. The zero-order valence-corrected chi connectivity index (χ0v) is 9.69. The van der Waals surface area contributed by atoms with E-state index in [4.69, 9.17) is 5.73 Å². The molecule has 0 fully saturated rings. The zero-order chi connectivity index (χ0) is 10.6. The molecule has 1 aromatic rings. The molecule has 2 N–H and O–H groups in total. The van der Waals surface area contributed by atoms with Gasteiger partial charge in [-0.3, -0.25) is 0 Å². The summed E-state index contributed by atoms with van der Waals surface area (Å²) in [6.07, 6.45) is 3.49. The van der Waals surface area contributed by atoms with E-state index in [1.807, 2.05) is 12.1 Å². The van der Waals surface area contributed by atoms with Gasteiger partial charge >= 0.3 is 0 Å². The van der Waals surface area contributed by atoms with Crippen LogP contribution in [0.1, 0.15) is 30.0 Å². The SMILES string of the molecule is C=CCC[C@@H](N)c1ccc(C)c(F)c1.Cl. The molecule has 0 aromatic heterocycles. The van der Waals surface area contributed by atoms with E-state index < -0.39 is 0 Å². The minimum Gasteiger partial charge on any atom is -0.324 e. The van der Waals surface area contributed by atoms with Crippen molar-refractivity contribution in [2.45, 2.75) is 25.8 Å². The molecule has 1 rings (SSSR count). The third kappa shape index (κ3) is 4.02. The molecule has 1 atom stereocenters. The quantitative estimate of drug-likeness (QED) is 0.786. The second-order valence-electron chi connectivity index (χ2n) is 3.48. The molecular weight excluding hydrogens is 213 g/mol. The molecular formula is C12H17ClFN. The predicted molar refractivity (Wildman–Crippen MR) is 64.7 cm³/mol. The monoisotopic (exact) mass is 229 g/mol. The number of benzene rings is 1. The van der Waals surface area contributed by atoms with Crippen molar-refractivity contribution in [1.29, 1.82) is 0 Å². The number of hydrogen-bond donors (Lipinski definition) is 1. The molecule has 0 bridgehead atoms. The first-order chi connectivity index (χ1) is 6.65. The van der Waals surface area contributed by atoms with Gasteiger partial charge in [0.25, 0.3) is 0 Å². The number of hydrogen-bond acceptors (Lipinski definition) is 1. The van der Waals surface area contributed by atoms with Crippen molar-refractivity contribution in [2.75, 3.05) is 0 Å². The fraction of sp³-hybridized carbons (Fsp3) is 0.333. The average molecular weight is 230 g/mol. The molecule has 0 saturated carbocycles. The summed E-state index contributed by atoms with van der Waals surface area (Å²) < 4.78 is 13.2. The largest absolute Gasteiger partial charge is 0.324 e. The van der Waals surface area contributed by atoms with Gasteiger partial charge in [-0.2, -0.15) is 0 Å². The van der Waals surface area contributed by atoms with Crippen LogP contribution in [0, 0.1) is 12.7 Å². The molecule has 15 heavy (non-hydrogen) atoms. The van der Waals surface area contributed by atoms with Gasteiger partial charge in [-0.05, 0) is 37.0 Å². The van der Waals surface area contributed by atoms with Crippen molar-refractivity contribution in [2.24, 2.45) is 5.73 Å². The molecule has 0 aliphatic carbocycles. The molecule has 3 heteroatoms. The van der Waals surface area contributed by atoms with Gasteiger partial charge in [0.1, 0.15) is 5.82 Å². The molecule has 0 spiro atoms. The lowest BCUT2D eigenvalue weighted by Crippen LogP contribution is -2.10. The summed E-state index contributed by atoms with van der Waals surface area (Å²) in [7, 11) is 0. The van der Waals surface area contributed by atoms with Crippen molar-refractivity contribution in [3.8, 4) is 0 Å². The molecule has 0 saturated heterocycles. The fourth-order valence-corrected chi connectivity index (χ4v) is 1.30. The molecule has 84 valence electrons. The van der Waals surface area contributed by atoms with Gasteiger partial charge in [0.2, 0.25) is 0 Å². The van der Waals surface area contributed by atoms with E-state index in [-0.39, 0.29) is 24.3 Å². The van der Waals surface area contributed by atoms with Crippen LogP contribution < -0.4 is 5.73 Å². The first-order valence-electron chi connectivity index (χ1n) is 4.77. The summed E-state index contributed by atoms with van der Waals surface area (Å²) in [5, 5.41) is 0. The third-order valence-electron chi connectivity index (χ3n) is 2.31. The van der Waals surface area contributed by atoms with Crippen molar-refractivity contribution >= 4 is 12.4 Å². The molecule has 1 nitrogen and oxygen atoms in total. The van der Waals surface area contributed by atoms with Crippen LogP contribution in [0.2, 0.25) is 0 Å². The molecule has 0 radical (unpaired) electrons. The van der Waals surface area contributed by atoms with Gasteiger partial charge in [-0.25, -0.2) is 4.39 Å². The van der Waals surface area contributed by atoms with E-state index in [9.17, 15) is 4.39 Å². The third-order valence-corrected chi connectivity index (χ3v) is 2.31. The minimum absolute atomic E-state index is 0. The van der Waals surface area contributed by atoms with Crippen molar-refractivity contribution in [3.05, 3.63) is 47.8 Å². The topological polar surface area (TPSA) is 26.0 Å². The Morgan fingerprint density at radius 3 is 2.73 bits per heavy atom. The zero-order valence-electron chi connectivity index (χ0n) is 8.87. The Labute approximate surface area is 96.6 Å². The molecule has 0 amide bonds. The van der Waals surface area contributed by atoms with Gasteiger partial charge < -0.3 is 5.73 Å². The highest BCUT2D eigenvalue weighted by Gasteiger charge is 2.06. The van der Waals surface area contributed by atoms with E-state index in [1.165, 1.54) is 6.07 Å². The highest BCUT2D eigenvalue weighted by molar-refractivity contribution is 5.85. The Kier molecular flexibility index (Phi) is 6.21. The van der Waals surface area contributed by atoms with Crippen molar-refractivity contribution in [3.63, 3.8) is 0 Å². The smallest absolute Gasteiger partial charge is 0.126 e. The number of rotatable bonds is 4. The van der Waals surface area contributed by atoms with Crippen molar-refractivity contribution < 1.29 is 4.39 Å². The van der Waals surface area contributed by atoms with Gasteiger partial charge in [-0.15, -0.1) is 19.0 Å². The van der Waals surface area contributed by atoms with Gasteiger partial charge in [0.05, 0.1) is 0 Å². The lowest BCUT2D eigenvalue weighted by molar-refractivity contribution is 0.604. The first kappa shape index (κ1) is 14.1. The maximum atomic E-state index is 13.2. The van der Waals surface area contributed by atoms with Crippen LogP contribution in [-0.4, -0.2) is 0 Å². The lowest BCUT2D eigenvalue weighted by Gasteiger charge is -2.11. The number of halogens is 2. The van der Waals surface area contributed by atoms with Crippen LogP contribution in [0.15, 0.2) is 30.9 Å². The molecule has 0 aliphatic rings. The van der Waals surface area contributed by atoms with E-state index in [2.05, 4.69) is 6.58 Å². The standard InChI is InChI=1S/C12H16FN.ClH/c1-3-4-5-12(14)10-7-6-9(2)11(13)8-10;/h3,6-8,12H,1,4-5,14H2,2H3;1H/t12-;/m1./s1. The second kappa shape index (κ2) is 6.59. The van der Waals surface area contributed by atoms with Gasteiger partial charge in [-0.1, -0.05) is 18.2 Å². The summed E-state index contributed by atoms with van der Waals surface area (Å²) >= 11 is 0. The molecule has 0 aliphatic heterocycles. The van der Waals surface area contributed by atoms with Gasteiger partial charge in [0.15, 0.2) is 0 Å². The van der Waals surface area contributed by atoms with Crippen LogP contribution in [-0.2, 0) is 0 Å². The summed E-state index contributed by atoms with van der Waals surface area (Å²) in [5.74, 6) is -0.184. The normalized spacial score (nSPS) is 11.7. The highest BCUT2D eigenvalue weighted by Crippen LogP contribution is 2.18. The lowest BCUT2D eigenvalue weighted by atomic mass is 10.0. The summed E-state index contributed by atoms with van der Waals surface area (Å²) in [6.45, 7) is 5.37. The van der Waals surface area contributed by atoms with E-state index >= 15 is 0 Å². The van der Waals surface area contributed by atoms with Crippen LogP contribution in [0.3, 0.4) is 0 Å². The van der Waals surface area contributed by atoms with Crippen molar-refractivity contribution in [1.82, 2.24) is 0 Å². The summed E-state index contributed by atoms with van der Waals surface area (Å²) in [6, 6.07) is 5.07. The first-order valence-corrected chi connectivity index (χ1v) is 4.77. The maximum Gasteiger partial charge on any atom is 0.126 e. The van der Waals surface area contributed by atoms with E-state index in [1.54, 1.807) is 13.0 Å². The Bertz CT molecular complexity index is 325. The highest BCUT2D eigenvalue weighted by atomic mass is 35.5. The molecule has 0 heterocycles. The second-order valence-corrected chi connectivity index (χ2v) is 3.48. The van der Waals surface area contributed by atoms with E-state index in [0.717, 1.165) is 18.4 Å². The van der Waals surface area contributed by atoms with Crippen LogP contribution in [0.4, 0.5) is 4.39 Å². The number of nitrogens with two attached hydrogens (primary N) is 1. The summed E-state index contributed by atoms with van der Waals surface area (Å²) in [5.41, 5.74) is 7.40. The maximum absolute atomic E-state index is 13.2. The molecule has 1 aromatic carbocycles. The van der Waals surface area contributed by atoms with E-state index in [0.29, 0.717) is 5.56 Å². The average Bonchev–Trinajstić information content (AvgIpc) is 2.18. The predicted octanol–water partition coefficient (Wildman–Crippen LogP) is 3.52. The Morgan fingerprint density at radius 2 is 2.20 bits per heavy atom. The van der Waals surface area contributed by atoms with Crippen LogP contribution in [0.5, 0.6) is 0 Å². The van der Waals surface area contributed by atoms with Crippen LogP contribution in [0.25, 0.3) is 0 Å². The Hall–Kier alpha value is -0.860. The fourth-order valence-electron chi connectivity index (χ4n) is 1.30. The minimum atomic E-state index is -0.184.